The van der Waals surface area contributed by atoms with Crippen LogP contribution >= 0.6 is 0 Å². The fourth-order valence-corrected chi connectivity index (χ4v) is 3.77. The van der Waals surface area contributed by atoms with Crippen LogP contribution in [0, 0.1) is 0 Å². The van der Waals surface area contributed by atoms with Crippen LogP contribution in [-0.2, 0) is 29.0 Å². The molecule has 0 spiro atoms. The Morgan fingerprint density at radius 2 is 1.68 bits per heavy atom. The smallest absolute Gasteiger partial charge is 0.242 e. The van der Waals surface area contributed by atoms with Gasteiger partial charge in [-0.3, -0.25) is 9.59 Å². The maximum atomic E-state index is 12.7. The summed E-state index contributed by atoms with van der Waals surface area (Å²) in [6, 6.07) is 18.0. The minimum atomic E-state index is 0.0640. The first-order valence-electron chi connectivity index (χ1n) is 11.1. The van der Waals surface area contributed by atoms with Gasteiger partial charge in [0.25, 0.3) is 0 Å². The fraction of sp³-hybridized carbons (Fsp3) is 0.400. The van der Waals surface area contributed by atoms with Gasteiger partial charge in [0.05, 0.1) is 11.0 Å². The molecule has 3 rings (SSSR count). The van der Waals surface area contributed by atoms with Crippen molar-refractivity contribution in [3.63, 3.8) is 0 Å². The highest BCUT2D eigenvalue weighted by Crippen LogP contribution is 2.17. The number of benzene rings is 2. The van der Waals surface area contributed by atoms with Crippen molar-refractivity contribution in [1.29, 1.82) is 0 Å². The van der Waals surface area contributed by atoms with Crippen LogP contribution in [0.15, 0.2) is 54.6 Å². The van der Waals surface area contributed by atoms with E-state index in [1.807, 2.05) is 77.9 Å². The number of carbonyl (C=O) groups is 2. The first-order valence-corrected chi connectivity index (χ1v) is 11.1. The summed E-state index contributed by atoms with van der Waals surface area (Å²) >= 11 is 0. The monoisotopic (exact) mass is 420 g/mol. The second-order valence-corrected chi connectivity index (χ2v) is 7.61. The van der Waals surface area contributed by atoms with E-state index in [9.17, 15) is 9.59 Å². The molecule has 0 saturated carbocycles. The Morgan fingerprint density at radius 1 is 0.968 bits per heavy atom. The lowest BCUT2D eigenvalue weighted by atomic mass is 10.1. The molecule has 0 aliphatic carbocycles. The molecule has 6 heteroatoms. The number of fused-ring (bicyclic) bond motifs is 1. The van der Waals surface area contributed by atoms with E-state index in [1.54, 1.807) is 0 Å². The third-order valence-corrected chi connectivity index (χ3v) is 5.53. The summed E-state index contributed by atoms with van der Waals surface area (Å²) in [5.74, 6) is 1.05. The molecule has 0 fully saturated rings. The van der Waals surface area contributed by atoms with Crippen molar-refractivity contribution >= 4 is 22.8 Å². The van der Waals surface area contributed by atoms with Crippen molar-refractivity contribution in [2.45, 2.75) is 46.1 Å². The van der Waals surface area contributed by atoms with Gasteiger partial charge in [0, 0.05) is 32.5 Å². The maximum Gasteiger partial charge on any atom is 0.242 e. The number of rotatable bonds is 11. The molecule has 2 aromatic carbocycles. The third kappa shape index (κ3) is 6.17. The summed E-state index contributed by atoms with van der Waals surface area (Å²) in [6.45, 7) is 6.28. The Labute approximate surface area is 184 Å². The lowest BCUT2D eigenvalue weighted by molar-refractivity contribution is -0.131. The molecule has 0 saturated heterocycles. The molecule has 0 unspecified atom stereocenters. The molecular weight excluding hydrogens is 388 g/mol. The number of carbonyl (C=O) groups excluding carboxylic acids is 2. The van der Waals surface area contributed by atoms with E-state index in [-0.39, 0.29) is 11.8 Å². The van der Waals surface area contributed by atoms with Gasteiger partial charge in [-0.2, -0.15) is 0 Å². The predicted octanol–water partition coefficient (Wildman–Crippen LogP) is 3.59. The van der Waals surface area contributed by atoms with E-state index >= 15 is 0 Å². The number of hydrogen-bond acceptors (Lipinski definition) is 3. The molecule has 0 aliphatic rings. The highest BCUT2D eigenvalue weighted by Gasteiger charge is 2.16. The van der Waals surface area contributed by atoms with Gasteiger partial charge in [-0.25, -0.2) is 4.98 Å². The van der Waals surface area contributed by atoms with E-state index in [1.165, 1.54) is 5.56 Å². The second-order valence-electron chi connectivity index (χ2n) is 7.61. The van der Waals surface area contributed by atoms with E-state index in [0.29, 0.717) is 39.0 Å². The van der Waals surface area contributed by atoms with Crippen molar-refractivity contribution in [1.82, 2.24) is 19.8 Å². The van der Waals surface area contributed by atoms with Crippen LogP contribution in [0.4, 0.5) is 0 Å². The summed E-state index contributed by atoms with van der Waals surface area (Å²) in [4.78, 5) is 31.4. The van der Waals surface area contributed by atoms with E-state index in [4.69, 9.17) is 4.98 Å². The number of aromatic nitrogens is 2. The average molecular weight is 421 g/mol. The Kier molecular flexibility index (Phi) is 8.21. The normalized spacial score (nSPS) is 10.9. The average Bonchev–Trinajstić information content (AvgIpc) is 3.14. The molecular formula is C25H32N4O2. The summed E-state index contributed by atoms with van der Waals surface area (Å²) in [5, 5.41) is 3.00. The number of nitrogens with one attached hydrogen (secondary N) is 1. The van der Waals surface area contributed by atoms with Crippen LogP contribution in [0.5, 0.6) is 0 Å². The summed E-state index contributed by atoms with van der Waals surface area (Å²) in [6.07, 6.45) is 2.72. The van der Waals surface area contributed by atoms with Crippen LogP contribution in [0.25, 0.3) is 11.0 Å². The van der Waals surface area contributed by atoms with Gasteiger partial charge in [-0.15, -0.1) is 0 Å². The van der Waals surface area contributed by atoms with E-state index < -0.39 is 0 Å². The van der Waals surface area contributed by atoms with Crippen LogP contribution < -0.4 is 5.32 Å². The third-order valence-electron chi connectivity index (χ3n) is 5.53. The Morgan fingerprint density at radius 3 is 2.42 bits per heavy atom. The second kappa shape index (κ2) is 11.3. The summed E-state index contributed by atoms with van der Waals surface area (Å²) in [5.41, 5.74) is 3.05. The van der Waals surface area contributed by atoms with Crippen LogP contribution in [-0.4, -0.2) is 45.9 Å². The van der Waals surface area contributed by atoms with Crippen molar-refractivity contribution in [3.8, 4) is 0 Å². The fourth-order valence-electron chi connectivity index (χ4n) is 3.77. The molecule has 6 nitrogen and oxygen atoms in total. The van der Waals surface area contributed by atoms with Gasteiger partial charge in [0.15, 0.2) is 0 Å². The number of likely N-dealkylation sites (N-methyl/N-ethyl adjacent to an activating group) is 1. The van der Waals surface area contributed by atoms with Gasteiger partial charge in [0.2, 0.25) is 11.8 Å². The minimum absolute atomic E-state index is 0.0640. The van der Waals surface area contributed by atoms with E-state index in [0.717, 1.165) is 29.7 Å². The maximum absolute atomic E-state index is 12.7. The summed E-state index contributed by atoms with van der Waals surface area (Å²) < 4.78 is 2.02. The lowest BCUT2D eigenvalue weighted by Gasteiger charge is -2.20. The number of nitrogens with zero attached hydrogens (tertiary/aromatic N) is 3. The van der Waals surface area contributed by atoms with Crippen molar-refractivity contribution in [3.05, 3.63) is 66.0 Å². The number of hydrogen-bond donors (Lipinski definition) is 1. The quantitative estimate of drug-likeness (QED) is 0.482. The predicted molar refractivity (Wildman–Crippen MR) is 124 cm³/mol. The first-order chi connectivity index (χ1) is 15.1. The van der Waals surface area contributed by atoms with Gasteiger partial charge < -0.3 is 14.8 Å². The largest absolute Gasteiger partial charge is 0.356 e. The molecule has 164 valence electrons. The van der Waals surface area contributed by atoms with Crippen LogP contribution in [0.2, 0.25) is 0 Å². The number of imidazole rings is 1. The highest BCUT2D eigenvalue weighted by molar-refractivity contribution is 5.81. The van der Waals surface area contributed by atoms with Crippen molar-refractivity contribution in [2.75, 3.05) is 19.6 Å². The van der Waals surface area contributed by atoms with Gasteiger partial charge in [0.1, 0.15) is 12.4 Å². The van der Waals surface area contributed by atoms with Gasteiger partial charge in [-0.05, 0) is 44.4 Å². The molecule has 1 heterocycles. The van der Waals surface area contributed by atoms with Gasteiger partial charge >= 0.3 is 0 Å². The molecule has 1 N–H and O–H groups in total. The Bertz CT molecular complexity index is 993. The number of para-hydroxylation sites is 2. The first kappa shape index (κ1) is 22.5. The topological polar surface area (TPSA) is 67.2 Å². The van der Waals surface area contributed by atoms with Crippen LogP contribution in [0.1, 0.15) is 38.1 Å². The molecule has 31 heavy (non-hydrogen) atoms. The molecule has 2 amide bonds. The number of amides is 2. The molecule has 0 radical (unpaired) electrons. The van der Waals surface area contributed by atoms with E-state index in [2.05, 4.69) is 5.32 Å². The summed E-state index contributed by atoms with van der Waals surface area (Å²) in [7, 11) is 0. The molecule has 0 bridgehead atoms. The lowest BCUT2D eigenvalue weighted by Crippen LogP contribution is -2.33. The van der Waals surface area contributed by atoms with Crippen molar-refractivity contribution < 1.29 is 9.59 Å². The van der Waals surface area contributed by atoms with Gasteiger partial charge in [-0.1, -0.05) is 42.5 Å². The standard InChI is InChI=1S/C25H32N4O2/c1-3-28(4-2)25(31)19-29-22-14-9-8-13-21(22)27-23(29)15-10-18-26-24(30)17-16-20-11-6-5-7-12-20/h5-9,11-14H,3-4,10,15-19H2,1-2H3,(H,26,30). The SMILES string of the molecule is CCN(CC)C(=O)Cn1c(CCCNC(=O)CCc2ccccc2)nc2ccccc21. The van der Waals surface area contributed by atoms with Crippen LogP contribution in [0.3, 0.4) is 0 Å². The molecule has 0 aliphatic heterocycles. The Hall–Kier alpha value is -3.15. The van der Waals surface area contributed by atoms with Crippen molar-refractivity contribution in [2.24, 2.45) is 0 Å². The number of aryl methyl sites for hydroxylation is 2. The molecule has 3 aromatic rings. The molecule has 0 atom stereocenters. The molecule has 1 aromatic heterocycles. The zero-order valence-corrected chi connectivity index (χ0v) is 18.5. The Balaban J connectivity index is 1.56. The highest BCUT2D eigenvalue weighted by atomic mass is 16.2. The minimum Gasteiger partial charge on any atom is -0.356 e. The zero-order valence-electron chi connectivity index (χ0n) is 18.5. The zero-order chi connectivity index (χ0) is 22.1.